The molecule has 0 amide bonds. The van der Waals surface area contributed by atoms with Gasteiger partial charge >= 0.3 is 0 Å². The van der Waals surface area contributed by atoms with Crippen LogP contribution in [0.4, 0.5) is 0 Å². The fourth-order valence-electron chi connectivity index (χ4n) is 3.13. The van der Waals surface area contributed by atoms with E-state index in [2.05, 4.69) is 35.6 Å². The molecule has 2 N–H and O–H groups in total. The van der Waals surface area contributed by atoms with Gasteiger partial charge in [-0.05, 0) is 62.6 Å². The zero-order valence-corrected chi connectivity index (χ0v) is 11.9. The van der Waals surface area contributed by atoms with Crippen molar-refractivity contribution < 1.29 is 5.11 Å². The molecule has 2 unspecified atom stereocenters. The molecule has 2 rings (SSSR count). The van der Waals surface area contributed by atoms with Gasteiger partial charge in [-0.25, -0.2) is 0 Å². The minimum atomic E-state index is 0.375. The van der Waals surface area contributed by atoms with Crippen molar-refractivity contribution in [1.29, 1.82) is 0 Å². The topological polar surface area (TPSA) is 32.3 Å². The van der Waals surface area contributed by atoms with Gasteiger partial charge in [0, 0.05) is 6.61 Å². The molecule has 1 aromatic carbocycles. The van der Waals surface area contributed by atoms with Crippen LogP contribution in [0.2, 0.25) is 0 Å². The molecule has 1 aromatic rings. The van der Waals surface area contributed by atoms with Crippen LogP contribution in [0.25, 0.3) is 0 Å². The molecule has 2 nitrogen and oxygen atoms in total. The number of rotatable bonds is 8. The normalized spacial score (nSPS) is 22.8. The van der Waals surface area contributed by atoms with Gasteiger partial charge in [0.1, 0.15) is 0 Å². The van der Waals surface area contributed by atoms with Crippen LogP contribution in [-0.2, 0) is 6.42 Å². The van der Waals surface area contributed by atoms with E-state index < -0.39 is 0 Å². The second kappa shape index (κ2) is 8.34. The first kappa shape index (κ1) is 14.5. The van der Waals surface area contributed by atoms with E-state index in [1.54, 1.807) is 0 Å². The van der Waals surface area contributed by atoms with Gasteiger partial charge in [0.05, 0.1) is 0 Å². The van der Waals surface area contributed by atoms with Crippen LogP contribution in [0.15, 0.2) is 30.3 Å². The van der Waals surface area contributed by atoms with Gasteiger partial charge in [0.15, 0.2) is 0 Å². The summed E-state index contributed by atoms with van der Waals surface area (Å²) in [6.07, 6.45) is 7.49. The molecule has 0 saturated heterocycles. The zero-order valence-electron chi connectivity index (χ0n) is 11.9. The molecule has 2 heteroatoms. The van der Waals surface area contributed by atoms with Crippen molar-refractivity contribution in [3.63, 3.8) is 0 Å². The molecule has 0 aromatic heterocycles. The lowest BCUT2D eigenvalue weighted by Gasteiger charge is -2.17. The maximum atomic E-state index is 9.28. The highest BCUT2D eigenvalue weighted by Crippen LogP contribution is 2.30. The van der Waals surface area contributed by atoms with E-state index >= 15 is 0 Å². The molecule has 0 aliphatic heterocycles. The molecule has 0 heterocycles. The van der Waals surface area contributed by atoms with Gasteiger partial charge in [0.2, 0.25) is 0 Å². The Morgan fingerprint density at radius 1 is 1.05 bits per heavy atom. The highest BCUT2D eigenvalue weighted by molar-refractivity contribution is 5.14. The Balaban J connectivity index is 1.50. The van der Waals surface area contributed by atoms with Gasteiger partial charge in [-0.3, -0.25) is 0 Å². The third-order valence-corrected chi connectivity index (χ3v) is 4.37. The minimum Gasteiger partial charge on any atom is -0.396 e. The average Bonchev–Trinajstić information content (AvgIpc) is 2.91. The van der Waals surface area contributed by atoms with Crippen LogP contribution < -0.4 is 5.32 Å². The molecule has 19 heavy (non-hydrogen) atoms. The first-order chi connectivity index (χ1) is 9.40. The van der Waals surface area contributed by atoms with Gasteiger partial charge in [0.25, 0.3) is 0 Å². The number of hydrogen-bond acceptors (Lipinski definition) is 2. The van der Waals surface area contributed by atoms with Crippen LogP contribution >= 0.6 is 0 Å². The first-order valence-corrected chi connectivity index (χ1v) is 7.75. The van der Waals surface area contributed by atoms with Crippen LogP contribution in [0.5, 0.6) is 0 Å². The molecular formula is C17H27NO. The first-order valence-electron chi connectivity index (χ1n) is 7.75. The van der Waals surface area contributed by atoms with Crippen molar-refractivity contribution in [1.82, 2.24) is 5.32 Å². The summed E-state index contributed by atoms with van der Waals surface area (Å²) in [5.41, 5.74) is 1.44. The Hall–Kier alpha value is -0.860. The number of aliphatic hydroxyl groups excluding tert-OH is 1. The van der Waals surface area contributed by atoms with E-state index in [4.69, 9.17) is 0 Å². The van der Waals surface area contributed by atoms with Crippen molar-refractivity contribution in [2.75, 3.05) is 19.7 Å². The van der Waals surface area contributed by atoms with Crippen molar-refractivity contribution in [3.8, 4) is 0 Å². The van der Waals surface area contributed by atoms with E-state index in [0.29, 0.717) is 18.4 Å². The summed E-state index contributed by atoms with van der Waals surface area (Å²) in [4.78, 5) is 0. The fraction of sp³-hybridized carbons (Fsp3) is 0.647. The highest BCUT2D eigenvalue weighted by Gasteiger charge is 2.25. The van der Waals surface area contributed by atoms with Crippen LogP contribution in [0.1, 0.15) is 37.7 Å². The predicted molar refractivity (Wildman–Crippen MR) is 80.2 cm³/mol. The van der Waals surface area contributed by atoms with E-state index in [9.17, 15) is 5.11 Å². The average molecular weight is 261 g/mol. The summed E-state index contributed by atoms with van der Waals surface area (Å²) < 4.78 is 0. The lowest BCUT2D eigenvalue weighted by molar-refractivity contribution is 0.192. The van der Waals surface area contributed by atoms with E-state index in [1.807, 2.05) is 0 Å². The monoisotopic (exact) mass is 261 g/mol. The number of aryl methyl sites for hydroxylation is 1. The number of unbranched alkanes of at least 4 members (excludes halogenated alkanes) is 1. The summed E-state index contributed by atoms with van der Waals surface area (Å²) in [6, 6.07) is 10.7. The van der Waals surface area contributed by atoms with Gasteiger partial charge < -0.3 is 10.4 Å². The number of nitrogens with one attached hydrogen (secondary N) is 1. The summed E-state index contributed by atoms with van der Waals surface area (Å²) in [5, 5.41) is 12.8. The number of benzene rings is 1. The predicted octanol–water partition coefficient (Wildman–Crippen LogP) is 3.01. The number of aliphatic hydroxyl groups is 1. The molecule has 1 saturated carbocycles. The maximum absolute atomic E-state index is 9.28. The Bertz CT molecular complexity index is 338. The summed E-state index contributed by atoms with van der Waals surface area (Å²) in [5.74, 6) is 1.26. The van der Waals surface area contributed by atoms with E-state index in [-0.39, 0.29) is 0 Å². The lowest BCUT2D eigenvalue weighted by atomic mass is 9.97. The third kappa shape index (κ3) is 4.96. The van der Waals surface area contributed by atoms with Crippen molar-refractivity contribution in [2.45, 2.75) is 38.5 Å². The summed E-state index contributed by atoms with van der Waals surface area (Å²) in [6.45, 7) is 2.58. The van der Waals surface area contributed by atoms with E-state index in [1.165, 1.54) is 44.1 Å². The smallest absolute Gasteiger partial charge is 0.0462 e. The molecule has 0 spiro atoms. The van der Waals surface area contributed by atoms with Crippen molar-refractivity contribution >= 4 is 0 Å². The standard InChI is InChI=1S/C17H27NO/c19-14-17-11-6-10-16(17)13-18-12-5-4-9-15-7-2-1-3-8-15/h1-3,7-8,16-19H,4-6,9-14H2. The van der Waals surface area contributed by atoms with Crippen molar-refractivity contribution in [3.05, 3.63) is 35.9 Å². The van der Waals surface area contributed by atoms with Gasteiger partial charge in [-0.1, -0.05) is 36.8 Å². The second-order valence-electron chi connectivity index (χ2n) is 5.78. The Morgan fingerprint density at radius 3 is 2.63 bits per heavy atom. The molecule has 1 fully saturated rings. The van der Waals surface area contributed by atoms with Crippen molar-refractivity contribution in [2.24, 2.45) is 11.8 Å². The lowest BCUT2D eigenvalue weighted by Crippen LogP contribution is -2.27. The quantitative estimate of drug-likeness (QED) is 0.705. The van der Waals surface area contributed by atoms with Gasteiger partial charge in [-0.15, -0.1) is 0 Å². The fourth-order valence-corrected chi connectivity index (χ4v) is 3.13. The van der Waals surface area contributed by atoms with Crippen LogP contribution in [0.3, 0.4) is 0 Å². The summed E-state index contributed by atoms with van der Waals surface area (Å²) >= 11 is 0. The largest absolute Gasteiger partial charge is 0.396 e. The van der Waals surface area contributed by atoms with Gasteiger partial charge in [-0.2, -0.15) is 0 Å². The summed E-state index contributed by atoms with van der Waals surface area (Å²) in [7, 11) is 0. The molecule has 1 aliphatic carbocycles. The molecular weight excluding hydrogens is 234 g/mol. The molecule has 1 aliphatic rings. The van der Waals surface area contributed by atoms with E-state index in [0.717, 1.165) is 13.1 Å². The third-order valence-electron chi connectivity index (χ3n) is 4.37. The molecule has 106 valence electrons. The minimum absolute atomic E-state index is 0.375. The number of hydrogen-bond donors (Lipinski definition) is 2. The van der Waals surface area contributed by atoms with Crippen LogP contribution in [0, 0.1) is 11.8 Å². The molecule has 0 bridgehead atoms. The Morgan fingerprint density at radius 2 is 1.84 bits per heavy atom. The Labute approximate surface area is 117 Å². The Kier molecular flexibility index (Phi) is 6.38. The molecule has 2 atom stereocenters. The zero-order chi connectivity index (χ0) is 13.3. The SMILES string of the molecule is OCC1CCCC1CNCCCCc1ccccc1. The van der Waals surface area contributed by atoms with Crippen LogP contribution in [-0.4, -0.2) is 24.8 Å². The second-order valence-corrected chi connectivity index (χ2v) is 5.78. The molecule has 0 radical (unpaired) electrons. The highest BCUT2D eigenvalue weighted by atomic mass is 16.3. The maximum Gasteiger partial charge on any atom is 0.0462 e.